The normalized spacial score (nSPS) is 34.9. The molecule has 4 bridgehead atoms. The van der Waals surface area contributed by atoms with Gasteiger partial charge in [0.25, 0.3) is 0 Å². The second-order valence-electron chi connectivity index (χ2n) is 8.83. The SMILES string of the molecule is CCOc1ccc(C(=O)[C@@H](C)OC(=O)C23C[C@H]4C[C@@H](CC(O)(C4)C2)C3)cc1. The lowest BCUT2D eigenvalue weighted by Gasteiger charge is -2.58. The van der Waals surface area contributed by atoms with Gasteiger partial charge in [-0.2, -0.15) is 0 Å². The zero-order valence-corrected chi connectivity index (χ0v) is 16.1. The van der Waals surface area contributed by atoms with Gasteiger partial charge in [-0.05, 0) is 88.5 Å². The van der Waals surface area contributed by atoms with E-state index in [0.29, 0.717) is 36.2 Å². The van der Waals surface area contributed by atoms with Crippen LogP contribution in [0.5, 0.6) is 5.75 Å². The minimum absolute atomic E-state index is 0.213. The highest BCUT2D eigenvalue weighted by Gasteiger charge is 2.61. The van der Waals surface area contributed by atoms with Crippen molar-refractivity contribution in [1.29, 1.82) is 0 Å². The smallest absolute Gasteiger partial charge is 0.312 e. The van der Waals surface area contributed by atoms with Gasteiger partial charge in [-0.3, -0.25) is 9.59 Å². The Kier molecular flexibility index (Phi) is 4.53. The van der Waals surface area contributed by atoms with Crippen LogP contribution in [0, 0.1) is 17.3 Å². The van der Waals surface area contributed by atoms with E-state index in [4.69, 9.17) is 9.47 Å². The first-order valence-corrected chi connectivity index (χ1v) is 10.0. The summed E-state index contributed by atoms with van der Waals surface area (Å²) in [4.78, 5) is 25.7. The molecule has 4 saturated carbocycles. The Morgan fingerprint density at radius 1 is 1.15 bits per heavy atom. The van der Waals surface area contributed by atoms with Crippen molar-refractivity contribution >= 4 is 11.8 Å². The Hall–Kier alpha value is -1.88. The maximum absolute atomic E-state index is 13.0. The van der Waals surface area contributed by atoms with Crippen molar-refractivity contribution in [3.8, 4) is 5.75 Å². The molecule has 146 valence electrons. The molecule has 0 amide bonds. The standard InChI is InChI=1S/C22H28O5/c1-3-26-18-6-4-17(5-7-18)19(23)14(2)27-20(24)21-9-15-8-16(10-21)12-22(25,11-15)13-21/h4-7,14-16,25H,3,8-13H2,1-2H3/t14-,15-,16-,21?,22?/m1/s1. The average molecular weight is 372 g/mol. The number of hydrogen-bond donors (Lipinski definition) is 1. The van der Waals surface area contributed by atoms with Crippen molar-refractivity contribution in [3.05, 3.63) is 29.8 Å². The number of aliphatic hydroxyl groups is 1. The predicted molar refractivity (Wildman–Crippen MR) is 99.6 cm³/mol. The third-order valence-electron chi connectivity index (χ3n) is 6.57. The van der Waals surface area contributed by atoms with E-state index in [1.54, 1.807) is 31.2 Å². The number of carbonyl (C=O) groups is 2. The van der Waals surface area contributed by atoms with E-state index in [1.807, 2.05) is 6.92 Å². The highest BCUT2D eigenvalue weighted by atomic mass is 16.5. The van der Waals surface area contributed by atoms with E-state index >= 15 is 0 Å². The maximum Gasteiger partial charge on any atom is 0.312 e. The number of carbonyl (C=O) groups excluding carboxylic acids is 2. The first kappa shape index (κ1) is 18.5. The molecule has 1 aromatic carbocycles. The number of rotatable bonds is 6. The van der Waals surface area contributed by atoms with Gasteiger partial charge < -0.3 is 14.6 Å². The van der Waals surface area contributed by atoms with Crippen molar-refractivity contribution < 1.29 is 24.2 Å². The Labute approximate surface area is 160 Å². The molecule has 0 aliphatic heterocycles. The molecular formula is C22H28O5. The van der Waals surface area contributed by atoms with Gasteiger partial charge in [0.2, 0.25) is 5.78 Å². The third-order valence-corrected chi connectivity index (χ3v) is 6.57. The zero-order chi connectivity index (χ0) is 19.2. The molecular weight excluding hydrogens is 344 g/mol. The molecule has 0 heterocycles. The summed E-state index contributed by atoms with van der Waals surface area (Å²) in [5.41, 5.74) is -0.819. The van der Waals surface area contributed by atoms with Crippen molar-refractivity contribution in [3.63, 3.8) is 0 Å². The van der Waals surface area contributed by atoms with Crippen molar-refractivity contribution in [2.24, 2.45) is 17.3 Å². The van der Waals surface area contributed by atoms with Crippen molar-refractivity contribution in [2.45, 2.75) is 64.1 Å². The quantitative estimate of drug-likeness (QED) is 0.611. The molecule has 0 unspecified atom stereocenters. The lowest BCUT2D eigenvalue weighted by atomic mass is 9.48. The first-order chi connectivity index (χ1) is 12.8. The summed E-state index contributed by atoms with van der Waals surface area (Å²) in [6.45, 7) is 4.10. The van der Waals surface area contributed by atoms with Gasteiger partial charge in [0.05, 0.1) is 17.6 Å². The van der Waals surface area contributed by atoms with Crippen LogP contribution in [0.3, 0.4) is 0 Å². The Balaban J connectivity index is 1.44. The maximum atomic E-state index is 13.0. The Bertz CT molecular complexity index is 724. The highest BCUT2D eigenvalue weighted by Crippen LogP contribution is 2.62. The minimum atomic E-state index is -0.835. The molecule has 4 fully saturated rings. The summed E-state index contributed by atoms with van der Waals surface area (Å²) >= 11 is 0. The van der Waals surface area contributed by atoms with Crippen molar-refractivity contribution in [2.75, 3.05) is 6.61 Å². The molecule has 5 nitrogen and oxygen atoms in total. The third kappa shape index (κ3) is 3.38. The lowest BCUT2D eigenvalue weighted by Crippen LogP contribution is -2.58. The van der Waals surface area contributed by atoms with Crippen LogP contribution < -0.4 is 4.74 Å². The van der Waals surface area contributed by atoms with Crippen LogP contribution in [-0.2, 0) is 9.53 Å². The van der Waals surface area contributed by atoms with Crippen LogP contribution in [0.4, 0.5) is 0 Å². The van der Waals surface area contributed by atoms with Crippen LogP contribution in [0.2, 0.25) is 0 Å². The van der Waals surface area contributed by atoms with Crippen LogP contribution >= 0.6 is 0 Å². The summed E-state index contributed by atoms with van der Waals surface area (Å²) in [5.74, 6) is 0.999. The summed E-state index contributed by atoms with van der Waals surface area (Å²) in [6, 6.07) is 6.90. The molecule has 4 aliphatic rings. The molecule has 3 atom stereocenters. The van der Waals surface area contributed by atoms with Crippen LogP contribution in [0.1, 0.15) is 62.7 Å². The average Bonchev–Trinajstić information content (AvgIpc) is 2.60. The Morgan fingerprint density at radius 3 is 2.33 bits per heavy atom. The van der Waals surface area contributed by atoms with E-state index < -0.39 is 17.1 Å². The number of ether oxygens (including phenoxy) is 2. The monoisotopic (exact) mass is 372 g/mol. The predicted octanol–water partition coefficient (Wildman–Crippen LogP) is 3.53. The van der Waals surface area contributed by atoms with E-state index in [2.05, 4.69) is 0 Å². The van der Waals surface area contributed by atoms with Gasteiger partial charge in [-0.15, -0.1) is 0 Å². The molecule has 5 rings (SSSR count). The van der Waals surface area contributed by atoms with Crippen LogP contribution in [0.25, 0.3) is 0 Å². The van der Waals surface area contributed by atoms with Gasteiger partial charge in [0, 0.05) is 5.56 Å². The molecule has 0 aromatic heterocycles. The number of ketones is 1. The van der Waals surface area contributed by atoms with E-state index in [0.717, 1.165) is 32.1 Å². The van der Waals surface area contributed by atoms with Crippen LogP contribution in [0.15, 0.2) is 24.3 Å². The lowest BCUT2D eigenvalue weighted by molar-refractivity contribution is -0.197. The summed E-state index contributed by atoms with van der Waals surface area (Å²) in [5, 5.41) is 10.8. The van der Waals surface area contributed by atoms with Crippen LogP contribution in [-0.4, -0.2) is 35.2 Å². The number of esters is 1. The van der Waals surface area contributed by atoms with E-state index in [-0.39, 0.29) is 11.8 Å². The van der Waals surface area contributed by atoms with Gasteiger partial charge in [0.15, 0.2) is 6.10 Å². The fourth-order valence-electron chi connectivity index (χ4n) is 5.91. The molecule has 0 spiro atoms. The minimum Gasteiger partial charge on any atom is -0.494 e. The van der Waals surface area contributed by atoms with Gasteiger partial charge in [0.1, 0.15) is 5.75 Å². The molecule has 4 aliphatic carbocycles. The molecule has 27 heavy (non-hydrogen) atoms. The second-order valence-corrected chi connectivity index (χ2v) is 8.83. The summed E-state index contributed by atoms with van der Waals surface area (Å²) < 4.78 is 11.0. The van der Waals surface area contributed by atoms with Gasteiger partial charge in [-0.1, -0.05) is 0 Å². The molecule has 1 aromatic rings. The first-order valence-electron chi connectivity index (χ1n) is 10.0. The van der Waals surface area contributed by atoms with Gasteiger partial charge >= 0.3 is 5.97 Å². The molecule has 0 radical (unpaired) electrons. The topological polar surface area (TPSA) is 72.8 Å². The largest absolute Gasteiger partial charge is 0.494 e. The fraction of sp³-hybridized carbons (Fsp3) is 0.636. The zero-order valence-electron chi connectivity index (χ0n) is 16.1. The summed E-state index contributed by atoms with van der Waals surface area (Å²) in [7, 11) is 0. The molecule has 0 saturated heterocycles. The Morgan fingerprint density at radius 2 is 1.78 bits per heavy atom. The number of Topliss-reactive ketones (excluding diaryl/α,β-unsaturated/α-hetero) is 1. The fourth-order valence-corrected chi connectivity index (χ4v) is 5.91. The molecule has 5 heteroatoms. The van der Waals surface area contributed by atoms with E-state index in [9.17, 15) is 14.7 Å². The highest BCUT2D eigenvalue weighted by molar-refractivity contribution is 6.00. The number of hydrogen-bond acceptors (Lipinski definition) is 5. The second kappa shape index (κ2) is 6.62. The van der Waals surface area contributed by atoms with Crippen molar-refractivity contribution in [1.82, 2.24) is 0 Å². The van der Waals surface area contributed by atoms with Gasteiger partial charge in [-0.25, -0.2) is 0 Å². The summed E-state index contributed by atoms with van der Waals surface area (Å²) in [6.07, 6.45) is 3.94. The molecule has 1 N–H and O–H groups in total. The number of benzene rings is 1. The van der Waals surface area contributed by atoms with E-state index in [1.165, 1.54) is 0 Å².